The van der Waals surface area contributed by atoms with Gasteiger partial charge in [0.25, 0.3) is 32.1 Å². The van der Waals surface area contributed by atoms with Crippen molar-refractivity contribution in [2.45, 2.75) is 9.79 Å². The molecule has 6 rings (SSSR count). The molecular formula is C35H26N4O11S2. The SMILES string of the molecule is O=C(Nc1cccc(C(=O)Nc2ccc(O)c3c(S(=O)(=O)O)cccc23)c1)Nc1cccc(C(=O)Nc2ccc(O)c3c(S(=O)(=O)O)cccc23)c1. The molecule has 17 heteroatoms. The van der Waals surface area contributed by atoms with Crippen molar-refractivity contribution in [3.63, 3.8) is 0 Å². The van der Waals surface area contributed by atoms with Gasteiger partial charge in [-0.15, -0.1) is 0 Å². The molecule has 0 aromatic heterocycles. The number of rotatable bonds is 8. The van der Waals surface area contributed by atoms with Gasteiger partial charge in [-0.1, -0.05) is 36.4 Å². The minimum atomic E-state index is -4.69. The Morgan fingerprint density at radius 3 is 1.25 bits per heavy atom. The summed E-state index contributed by atoms with van der Waals surface area (Å²) in [5.74, 6) is -2.12. The number of aromatic hydroxyl groups is 2. The third-order valence-electron chi connectivity index (χ3n) is 7.78. The Balaban J connectivity index is 1.15. The summed E-state index contributed by atoms with van der Waals surface area (Å²) in [6.07, 6.45) is 0. The first-order valence-corrected chi connectivity index (χ1v) is 17.8. The number of phenols is 2. The van der Waals surface area contributed by atoms with Crippen molar-refractivity contribution in [1.82, 2.24) is 0 Å². The van der Waals surface area contributed by atoms with Gasteiger partial charge < -0.3 is 31.5 Å². The van der Waals surface area contributed by atoms with E-state index in [1.165, 1.54) is 97.1 Å². The van der Waals surface area contributed by atoms with Gasteiger partial charge in [-0.3, -0.25) is 18.7 Å². The minimum absolute atomic E-state index is 0.106. The largest absolute Gasteiger partial charge is 0.507 e. The highest BCUT2D eigenvalue weighted by Crippen LogP contribution is 2.37. The molecular weight excluding hydrogens is 717 g/mol. The van der Waals surface area contributed by atoms with E-state index in [-0.39, 0.29) is 55.4 Å². The van der Waals surface area contributed by atoms with Crippen LogP contribution in [0.25, 0.3) is 21.5 Å². The fourth-order valence-electron chi connectivity index (χ4n) is 5.52. The molecule has 0 bridgehead atoms. The maximum absolute atomic E-state index is 13.2. The number of urea groups is 1. The normalized spacial score (nSPS) is 11.6. The second-order valence-corrected chi connectivity index (χ2v) is 14.0. The lowest BCUT2D eigenvalue weighted by molar-refractivity contribution is 0.101. The second-order valence-electron chi connectivity index (χ2n) is 11.2. The zero-order valence-electron chi connectivity index (χ0n) is 26.4. The number of benzene rings is 6. The molecule has 0 aliphatic carbocycles. The summed E-state index contributed by atoms with van der Waals surface area (Å²) in [6, 6.07) is 23.9. The number of hydrogen-bond donors (Lipinski definition) is 8. The summed E-state index contributed by atoms with van der Waals surface area (Å²) in [5, 5.41) is 31.0. The summed E-state index contributed by atoms with van der Waals surface area (Å²) in [7, 11) is -9.39. The van der Waals surface area contributed by atoms with Gasteiger partial charge in [-0.2, -0.15) is 16.8 Å². The lowest BCUT2D eigenvalue weighted by Gasteiger charge is -2.13. The van der Waals surface area contributed by atoms with Crippen LogP contribution in [0.4, 0.5) is 27.5 Å². The first kappa shape index (κ1) is 35.3. The first-order valence-electron chi connectivity index (χ1n) is 15.0. The van der Waals surface area contributed by atoms with Crippen LogP contribution in [0.1, 0.15) is 20.7 Å². The standard InChI is InChI=1S/C35H26N4O11S2/c40-27-15-13-25(23-9-3-11-29(31(23)27)51(45,46)47)38-33(42)19-5-1-7-21(17-19)36-35(44)37-22-8-2-6-20(18-22)34(43)39-26-14-16-28(41)32-24(26)10-4-12-30(32)52(48,49)50/h1-18,40-41H,(H,38,42)(H,39,43)(H2,36,37,44)(H,45,46,47)(H,48,49,50). The number of carbonyl (C=O) groups is 3. The molecule has 0 heterocycles. The molecule has 6 aromatic carbocycles. The van der Waals surface area contributed by atoms with Crippen molar-refractivity contribution >= 4 is 82.4 Å². The second kappa shape index (κ2) is 13.6. The zero-order chi connectivity index (χ0) is 37.4. The predicted molar refractivity (Wildman–Crippen MR) is 192 cm³/mol. The van der Waals surface area contributed by atoms with Crippen LogP contribution >= 0.6 is 0 Å². The van der Waals surface area contributed by atoms with E-state index >= 15 is 0 Å². The molecule has 0 spiro atoms. The fourth-order valence-corrected chi connectivity index (χ4v) is 6.96. The van der Waals surface area contributed by atoms with Crippen LogP contribution in [0.2, 0.25) is 0 Å². The van der Waals surface area contributed by atoms with Crippen molar-refractivity contribution in [2.75, 3.05) is 21.3 Å². The van der Waals surface area contributed by atoms with E-state index in [0.29, 0.717) is 0 Å². The lowest BCUT2D eigenvalue weighted by Crippen LogP contribution is -2.20. The fraction of sp³-hybridized carbons (Fsp3) is 0. The summed E-state index contributed by atoms with van der Waals surface area (Å²) >= 11 is 0. The van der Waals surface area contributed by atoms with Crippen LogP contribution in [0, 0.1) is 0 Å². The molecule has 8 N–H and O–H groups in total. The quantitative estimate of drug-likeness (QED) is 0.0659. The number of carbonyl (C=O) groups excluding carboxylic acids is 3. The summed E-state index contributed by atoms with van der Waals surface area (Å²) in [4.78, 5) is 38.2. The molecule has 6 aromatic rings. The summed E-state index contributed by atoms with van der Waals surface area (Å²) < 4.78 is 66.7. The number of phenolic OH excluding ortho intramolecular Hbond substituents is 2. The first-order chi connectivity index (χ1) is 24.6. The van der Waals surface area contributed by atoms with E-state index in [9.17, 15) is 50.5 Å². The van der Waals surface area contributed by atoms with Crippen molar-refractivity contribution in [3.8, 4) is 11.5 Å². The third kappa shape index (κ3) is 7.32. The molecule has 0 radical (unpaired) electrons. The van der Waals surface area contributed by atoms with Crippen LogP contribution in [0.5, 0.6) is 11.5 Å². The molecule has 0 fully saturated rings. The third-order valence-corrected chi connectivity index (χ3v) is 9.57. The maximum atomic E-state index is 13.2. The van der Waals surface area contributed by atoms with Gasteiger partial charge in [0.05, 0.1) is 0 Å². The van der Waals surface area contributed by atoms with E-state index in [4.69, 9.17) is 0 Å². The Labute approximate surface area is 295 Å². The topological polar surface area (TPSA) is 249 Å². The lowest BCUT2D eigenvalue weighted by atomic mass is 10.1. The van der Waals surface area contributed by atoms with Gasteiger partial charge >= 0.3 is 6.03 Å². The molecule has 0 unspecified atom stereocenters. The number of nitrogens with one attached hydrogen (secondary N) is 4. The Hall–Kier alpha value is -6.53. The van der Waals surface area contributed by atoms with Crippen molar-refractivity contribution in [3.05, 3.63) is 120 Å². The molecule has 0 saturated heterocycles. The van der Waals surface area contributed by atoms with Gasteiger partial charge in [-0.05, 0) is 72.8 Å². The van der Waals surface area contributed by atoms with Crippen molar-refractivity contribution < 1.29 is 50.5 Å². The number of anilines is 4. The Kier molecular flexibility index (Phi) is 9.26. The monoisotopic (exact) mass is 742 g/mol. The minimum Gasteiger partial charge on any atom is -0.507 e. The highest BCUT2D eigenvalue weighted by molar-refractivity contribution is 7.86. The molecule has 0 aliphatic rings. The van der Waals surface area contributed by atoms with E-state index in [1.54, 1.807) is 0 Å². The maximum Gasteiger partial charge on any atom is 0.323 e. The average molecular weight is 743 g/mol. The highest BCUT2D eigenvalue weighted by Gasteiger charge is 2.21. The van der Waals surface area contributed by atoms with Crippen LogP contribution < -0.4 is 21.3 Å². The predicted octanol–water partition coefficient (Wildman–Crippen LogP) is 6.05. The van der Waals surface area contributed by atoms with Gasteiger partial charge in [0.15, 0.2) is 0 Å². The van der Waals surface area contributed by atoms with Crippen molar-refractivity contribution in [2.24, 2.45) is 0 Å². The van der Waals surface area contributed by atoms with Crippen LogP contribution in [0.15, 0.2) is 119 Å². The zero-order valence-corrected chi connectivity index (χ0v) is 28.0. The van der Waals surface area contributed by atoms with Gasteiger partial charge in [0, 0.05) is 55.4 Å². The van der Waals surface area contributed by atoms with Crippen molar-refractivity contribution in [1.29, 1.82) is 0 Å². The molecule has 4 amide bonds. The smallest absolute Gasteiger partial charge is 0.323 e. The molecule has 264 valence electrons. The van der Waals surface area contributed by atoms with E-state index in [1.807, 2.05) is 0 Å². The van der Waals surface area contributed by atoms with Gasteiger partial charge in [0.2, 0.25) is 0 Å². The number of fused-ring (bicyclic) bond motifs is 2. The van der Waals surface area contributed by atoms with E-state index < -0.39 is 59.4 Å². The number of hydrogen-bond acceptors (Lipinski definition) is 9. The van der Waals surface area contributed by atoms with E-state index in [2.05, 4.69) is 21.3 Å². The van der Waals surface area contributed by atoms with Crippen LogP contribution in [0.3, 0.4) is 0 Å². The molecule has 0 atom stereocenters. The molecule has 0 aliphatic heterocycles. The average Bonchev–Trinajstić information content (AvgIpc) is 3.09. The van der Waals surface area contributed by atoms with Gasteiger partial charge in [-0.25, -0.2) is 4.79 Å². The molecule has 0 saturated carbocycles. The highest BCUT2D eigenvalue weighted by atomic mass is 32.2. The Morgan fingerprint density at radius 2 is 0.865 bits per heavy atom. The number of amides is 4. The molecule has 15 nitrogen and oxygen atoms in total. The summed E-state index contributed by atoms with van der Waals surface area (Å²) in [6.45, 7) is 0. The van der Waals surface area contributed by atoms with E-state index in [0.717, 1.165) is 12.1 Å². The molecule has 52 heavy (non-hydrogen) atoms. The Bertz CT molecular complexity index is 2500. The van der Waals surface area contributed by atoms with Crippen LogP contribution in [-0.4, -0.2) is 54.0 Å². The Morgan fingerprint density at radius 1 is 0.481 bits per heavy atom. The van der Waals surface area contributed by atoms with Crippen LogP contribution in [-0.2, 0) is 20.2 Å². The van der Waals surface area contributed by atoms with Gasteiger partial charge in [0.1, 0.15) is 21.3 Å². The summed E-state index contributed by atoms with van der Waals surface area (Å²) in [5.41, 5.74) is 0.927.